The highest BCUT2D eigenvalue weighted by molar-refractivity contribution is 7.18. The van der Waals surface area contributed by atoms with Gasteiger partial charge < -0.3 is 0 Å². The van der Waals surface area contributed by atoms with Crippen molar-refractivity contribution in [1.29, 1.82) is 0 Å². The summed E-state index contributed by atoms with van der Waals surface area (Å²) in [6.07, 6.45) is 0. The fraction of sp³-hybridized carbons (Fsp3) is 0.286. The molecule has 1 aromatic heterocycles. The molecule has 5 nitrogen and oxygen atoms in total. The molecule has 0 spiro atoms. The van der Waals surface area contributed by atoms with E-state index in [-0.39, 0.29) is 5.91 Å². The first kappa shape index (κ1) is 19.2. The van der Waals surface area contributed by atoms with E-state index in [9.17, 15) is 4.79 Å². The topological polar surface area (TPSA) is 58.1 Å². The molecule has 0 atom stereocenters. The van der Waals surface area contributed by atoms with Crippen molar-refractivity contribution in [3.8, 4) is 10.6 Å². The third kappa shape index (κ3) is 4.99. The Kier molecular flexibility index (Phi) is 6.32. The van der Waals surface area contributed by atoms with Gasteiger partial charge in [-0.25, -0.2) is 0 Å². The largest absolute Gasteiger partial charge is 0.297 e. The van der Waals surface area contributed by atoms with E-state index >= 15 is 0 Å². The maximum atomic E-state index is 12.5. The van der Waals surface area contributed by atoms with Crippen LogP contribution in [0.1, 0.15) is 36.7 Å². The van der Waals surface area contributed by atoms with Crippen LogP contribution in [0.2, 0.25) is 0 Å². The summed E-state index contributed by atoms with van der Waals surface area (Å²) in [5.41, 5.74) is 2.80. The zero-order valence-electron chi connectivity index (χ0n) is 15.8. The zero-order chi connectivity index (χ0) is 19.2. The molecule has 0 aliphatic carbocycles. The van der Waals surface area contributed by atoms with Crippen LogP contribution in [0.3, 0.4) is 0 Å². The second-order valence-electron chi connectivity index (χ2n) is 6.59. The number of nitrogens with zero attached hydrogens (tertiary/aromatic N) is 3. The van der Waals surface area contributed by atoms with Gasteiger partial charge in [-0.2, -0.15) is 0 Å². The van der Waals surface area contributed by atoms with Crippen molar-refractivity contribution < 1.29 is 4.79 Å². The number of hydrogen-bond donors (Lipinski definition) is 1. The van der Waals surface area contributed by atoms with Crippen LogP contribution in [-0.2, 0) is 6.54 Å². The minimum Gasteiger partial charge on any atom is -0.297 e. The van der Waals surface area contributed by atoms with Gasteiger partial charge in [-0.1, -0.05) is 60.7 Å². The highest BCUT2D eigenvalue weighted by Crippen LogP contribution is 2.26. The monoisotopic (exact) mass is 380 g/mol. The Hall–Kier alpha value is -2.57. The number of amides is 1. The number of benzene rings is 2. The van der Waals surface area contributed by atoms with Gasteiger partial charge in [0.25, 0.3) is 5.91 Å². The molecule has 0 radical (unpaired) electrons. The quantitative estimate of drug-likeness (QED) is 0.646. The minimum absolute atomic E-state index is 0.173. The lowest BCUT2D eigenvalue weighted by molar-refractivity contribution is 0.102. The average Bonchev–Trinajstić information content (AvgIpc) is 3.15. The Bertz CT molecular complexity index is 875. The maximum Gasteiger partial charge on any atom is 0.257 e. The van der Waals surface area contributed by atoms with E-state index in [1.54, 1.807) is 0 Å². The first-order valence-corrected chi connectivity index (χ1v) is 9.91. The number of aromatic nitrogens is 2. The molecule has 3 rings (SSSR count). The lowest BCUT2D eigenvalue weighted by atomic mass is 10.1. The second kappa shape index (κ2) is 8.88. The average molecular weight is 381 g/mol. The van der Waals surface area contributed by atoms with E-state index in [2.05, 4.69) is 41.2 Å². The van der Waals surface area contributed by atoms with E-state index in [0.29, 0.717) is 16.7 Å². The number of nitrogens with one attached hydrogen (secondary N) is 1. The number of hydrogen-bond acceptors (Lipinski definition) is 5. The van der Waals surface area contributed by atoms with E-state index < -0.39 is 0 Å². The molecule has 0 saturated carbocycles. The number of anilines is 1. The van der Waals surface area contributed by atoms with Crippen molar-refractivity contribution in [2.24, 2.45) is 0 Å². The van der Waals surface area contributed by atoms with E-state index in [1.165, 1.54) is 16.9 Å². The zero-order valence-corrected chi connectivity index (χ0v) is 16.7. The summed E-state index contributed by atoms with van der Waals surface area (Å²) in [6.45, 7) is 8.43. The third-order valence-corrected chi connectivity index (χ3v) is 5.29. The van der Waals surface area contributed by atoms with Crippen molar-refractivity contribution in [1.82, 2.24) is 15.1 Å². The Morgan fingerprint density at radius 1 is 1.07 bits per heavy atom. The van der Waals surface area contributed by atoms with Gasteiger partial charge in [-0.05, 0) is 38.1 Å². The van der Waals surface area contributed by atoms with Gasteiger partial charge in [0.1, 0.15) is 5.01 Å². The van der Waals surface area contributed by atoms with E-state index in [1.807, 2.05) is 54.6 Å². The van der Waals surface area contributed by atoms with Crippen molar-refractivity contribution in [2.75, 3.05) is 11.9 Å². The summed E-state index contributed by atoms with van der Waals surface area (Å²) in [5, 5.41) is 12.3. The molecule has 2 aromatic carbocycles. The molecule has 1 N–H and O–H groups in total. The molecule has 6 heteroatoms. The first-order chi connectivity index (χ1) is 13.1. The Labute approximate surface area is 164 Å². The van der Waals surface area contributed by atoms with E-state index in [4.69, 9.17) is 0 Å². The SMILES string of the molecule is CCN(Cc1ccc(C(=O)Nc2nnc(-c3ccccc3)s2)cc1)C(C)C. The van der Waals surface area contributed by atoms with Crippen molar-refractivity contribution in [2.45, 2.75) is 33.4 Å². The third-order valence-electron chi connectivity index (χ3n) is 4.40. The van der Waals surface area contributed by atoms with Gasteiger partial charge in [0, 0.05) is 23.7 Å². The van der Waals surface area contributed by atoms with Crippen LogP contribution >= 0.6 is 11.3 Å². The Morgan fingerprint density at radius 2 is 1.78 bits per heavy atom. The van der Waals surface area contributed by atoms with Gasteiger partial charge in [0.15, 0.2) is 0 Å². The summed E-state index contributed by atoms with van der Waals surface area (Å²) in [4.78, 5) is 14.9. The minimum atomic E-state index is -0.173. The summed E-state index contributed by atoms with van der Waals surface area (Å²) >= 11 is 1.37. The van der Waals surface area contributed by atoms with Gasteiger partial charge in [0.05, 0.1) is 0 Å². The molecule has 1 heterocycles. The lowest BCUT2D eigenvalue weighted by Gasteiger charge is -2.24. The summed E-state index contributed by atoms with van der Waals surface area (Å²) < 4.78 is 0. The van der Waals surface area contributed by atoms with Crippen LogP contribution in [0, 0.1) is 0 Å². The molecule has 27 heavy (non-hydrogen) atoms. The lowest BCUT2D eigenvalue weighted by Crippen LogP contribution is -2.29. The fourth-order valence-corrected chi connectivity index (χ4v) is 3.54. The van der Waals surface area contributed by atoms with Crippen molar-refractivity contribution in [3.05, 3.63) is 65.7 Å². The first-order valence-electron chi connectivity index (χ1n) is 9.10. The molecule has 1 amide bonds. The van der Waals surface area contributed by atoms with Crippen LogP contribution in [0.5, 0.6) is 0 Å². The van der Waals surface area contributed by atoms with Gasteiger partial charge in [0.2, 0.25) is 5.13 Å². The van der Waals surface area contributed by atoms with Gasteiger partial charge in [-0.3, -0.25) is 15.0 Å². The highest BCUT2D eigenvalue weighted by Gasteiger charge is 2.12. The Morgan fingerprint density at radius 3 is 2.41 bits per heavy atom. The van der Waals surface area contributed by atoms with Crippen molar-refractivity contribution >= 4 is 22.4 Å². The maximum absolute atomic E-state index is 12.5. The second-order valence-corrected chi connectivity index (χ2v) is 7.56. The molecule has 3 aromatic rings. The number of rotatable bonds is 7. The highest BCUT2D eigenvalue weighted by atomic mass is 32.1. The van der Waals surface area contributed by atoms with Crippen LogP contribution in [0.4, 0.5) is 5.13 Å². The van der Waals surface area contributed by atoms with Gasteiger partial charge >= 0.3 is 0 Å². The smallest absolute Gasteiger partial charge is 0.257 e. The normalized spacial score (nSPS) is 11.1. The van der Waals surface area contributed by atoms with Gasteiger partial charge in [-0.15, -0.1) is 10.2 Å². The standard InChI is InChI=1S/C21H24N4OS/c1-4-25(15(2)3)14-16-10-12-17(13-11-16)19(26)22-21-24-23-20(27-21)18-8-6-5-7-9-18/h5-13,15H,4,14H2,1-3H3,(H,22,24,26). The molecule has 0 aliphatic rings. The summed E-state index contributed by atoms with van der Waals surface area (Å²) in [6, 6.07) is 18.0. The fourth-order valence-electron chi connectivity index (χ4n) is 2.80. The van der Waals surface area contributed by atoms with Crippen LogP contribution in [0.25, 0.3) is 10.6 Å². The predicted octanol–water partition coefficient (Wildman–Crippen LogP) is 4.69. The van der Waals surface area contributed by atoms with Crippen LogP contribution in [0.15, 0.2) is 54.6 Å². The molecular formula is C21H24N4OS. The van der Waals surface area contributed by atoms with Crippen molar-refractivity contribution in [3.63, 3.8) is 0 Å². The predicted molar refractivity (Wildman–Crippen MR) is 111 cm³/mol. The molecule has 0 unspecified atom stereocenters. The van der Waals surface area contributed by atoms with E-state index in [0.717, 1.165) is 23.7 Å². The molecule has 140 valence electrons. The molecule has 0 fully saturated rings. The molecule has 0 bridgehead atoms. The van der Waals surface area contributed by atoms with Crippen LogP contribution < -0.4 is 5.32 Å². The molecular weight excluding hydrogens is 356 g/mol. The Balaban J connectivity index is 1.64. The number of carbonyl (C=O) groups is 1. The summed E-state index contributed by atoms with van der Waals surface area (Å²) in [5.74, 6) is -0.173. The number of carbonyl (C=O) groups excluding carboxylic acids is 1. The summed E-state index contributed by atoms with van der Waals surface area (Å²) in [7, 11) is 0. The van der Waals surface area contributed by atoms with Crippen LogP contribution in [-0.4, -0.2) is 33.6 Å². The molecule has 0 saturated heterocycles. The molecule has 0 aliphatic heterocycles.